The number of carbonyl (C=O) groups is 1. The van der Waals surface area contributed by atoms with E-state index < -0.39 is 6.10 Å². The minimum absolute atomic E-state index is 0.0881. The molecule has 3 aromatic carbocycles. The van der Waals surface area contributed by atoms with E-state index in [1.54, 1.807) is 0 Å². The van der Waals surface area contributed by atoms with E-state index in [1.165, 1.54) is 0 Å². The quantitative estimate of drug-likeness (QED) is 0.429. The normalized spacial score (nSPS) is 11.7. The van der Waals surface area contributed by atoms with E-state index in [1.807, 2.05) is 79.7 Å². The third-order valence-electron chi connectivity index (χ3n) is 4.55. The number of nitrogens with one attached hydrogen (secondary N) is 2. The number of anilines is 1. The highest BCUT2D eigenvalue weighted by Gasteiger charge is 2.10. The summed E-state index contributed by atoms with van der Waals surface area (Å²) in [5.74, 6) is 0.402. The topological polar surface area (TPSA) is 70.6 Å². The van der Waals surface area contributed by atoms with Crippen LogP contribution < -0.4 is 15.4 Å². The van der Waals surface area contributed by atoms with Gasteiger partial charge in [0.1, 0.15) is 5.75 Å². The maximum Gasteiger partial charge on any atom is 0.262 e. The van der Waals surface area contributed by atoms with Gasteiger partial charge in [0, 0.05) is 28.8 Å². The molecule has 0 aliphatic rings. The van der Waals surface area contributed by atoms with E-state index in [0.717, 1.165) is 26.9 Å². The Morgan fingerprint density at radius 1 is 1.07 bits per heavy atom. The maximum atomic E-state index is 12.2. The first-order valence-corrected chi connectivity index (χ1v) is 10.5. The fourth-order valence-corrected chi connectivity index (χ4v) is 3.35. The Kier molecular flexibility index (Phi) is 8.02. The lowest BCUT2D eigenvalue weighted by Gasteiger charge is -2.15. The van der Waals surface area contributed by atoms with Gasteiger partial charge < -0.3 is 20.5 Å². The molecule has 3 rings (SSSR count). The van der Waals surface area contributed by atoms with Gasteiger partial charge in [-0.2, -0.15) is 0 Å². The lowest BCUT2D eigenvalue weighted by Crippen LogP contribution is -2.23. The maximum absolute atomic E-state index is 12.2. The van der Waals surface area contributed by atoms with Crippen LogP contribution in [0.3, 0.4) is 0 Å². The van der Waals surface area contributed by atoms with Gasteiger partial charge in [0.2, 0.25) is 0 Å². The van der Waals surface area contributed by atoms with Gasteiger partial charge in [-0.25, -0.2) is 0 Å². The average molecular weight is 469 g/mol. The summed E-state index contributed by atoms with van der Waals surface area (Å²) in [6.45, 7) is 2.81. The van der Waals surface area contributed by atoms with Crippen LogP contribution in [0.4, 0.5) is 5.69 Å². The molecule has 0 saturated carbocycles. The van der Waals surface area contributed by atoms with Gasteiger partial charge in [-0.15, -0.1) is 0 Å². The molecule has 0 spiro atoms. The number of amides is 1. The molecule has 1 amide bonds. The van der Waals surface area contributed by atoms with Crippen molar-refractivity contribution in [3.63, 3.8) is 0 Å². The van der Waals surface area contributed by atoms with Gasteiger partial charge in [-0.1, -0.05) is 64.0 Å². The van der Waals surface area contributed by atoms with Crippen molar-refractivity contribution in [1.82, 2.24) is 5.32 Å². The van der Waals surface area contributed by atoms with Crippen molar-refractivity contribution in [2.75, 3.05) is 18.5 Å². The van der Waals surface area contributed by atoms with Crippen LogP contribution in [-0.4, -0.2) is 24.2 Å². The Hall–Kier alpha value is -2.67. The summed E-state index contributed by atoms with van der Waals surface area (Å²) in [7, 11) is 0. The van der Waals surface area contributed by atoms with Crippen LogP contribution in [0.1, 0.15) is 22.8 Å². The highest BCUT2D eigenvalue weighted by Crippen LogP contribution is 2.23. The number of halogens is 1. The van der Waals surface area contributed by atoms with Crippen molar-refractivity contribution in [1.29, 1.82) is 0 Å². The summed E-state index contributed by atoms with van der Waals surface area (Å²) in [5, 5.41) is 16.4. The molecule has 0 aromatic heterocycles. The van der Waals surface area contributed by atoms with Crippen LogP contribution in [0, 0.1) is 6.92 Å². The first-order chi connectivity index (χ1) is 14.5. The predicted octanol–water partition coefficient (Wildman–Crippen LogP) is 4.60. The van der Waals surface area contributed by atoms with E-state index >= 15 is 0 Å². The fourth-order valence-electron chi connectivity index (χ4n) is 2.94. The third-order valence-corrected chi connectivity index (χ3v) is 5.05. The number of benzene rings is 3. The molecule has 6 heteroatoms. The zero-order chi connectivity index (χ0) is 21.3. The van der Waals surface area contributed by atoms with Crippen LogP contribution in [0.5, 0.6) is 5.75 Å². The first-order valence-electron chi connectivity index (χ1n) is 9.73. The Bertz CT molecular complexity index is 962. The summed E-state index contributed by atoms with van der Waals surface area (Å²) in [6.07, 6.45) is -0.594. The lowest BCUT2D eigenvalue weighted by molar-refractivity contribution is -0.118. The summed E-state index contributed by atoms with van der Waals surface area (Å²) in [5.41, 5.74) is 3.63. The second-order valence-corrected chi connectivity index (χ2v) is 7.93. The summed E-state index contributed by atoms with van der Waals surface area (Å²) in [6, 6.07) is 22.8. The van der Waals surface area contributed by atoms with Gasteiger partial charge in [-0.3, -0.25) is 4.79 Å². The second-order valence-electron chi connectivity index (χ2n) is 7.01. The smallest absolute Gasteiger partial charge is 0.262 e. The molecule has 0 aliphatic heterocycles. The number of carbonyl (C=O) groups excluding carboxylic acids is 1. The van der Waals surface area contributed by atoms with Gasteiger partial charge in [0.15, 0.2) is 6.61 Å². The van der Waals surface area contributed by atoms with Crippen molar-refractivity contribution in [2.45, 2.75) is 19.6 Å². The Labute approximate surface area is 185 Å². The van der Waals surface area contributed by atoms with E-state index in [9.17, 15) is 9.90 Å². The van der Waals surface area contributed by atoms with E-state index in [0.29, 0.717) is 18.8 Å². The van der Waals surface area contributed by atoms with Gasteiger partial charge >= 0.3 is 0 Å². The van der Waals surface area contributed by atoms with Gasteiger partial charge in [0.05, 0.1) is 6.10 Å². The van der Waals surface area contributed by atoms with Crippen molar-refractivity contribution in [3.8, 4) is 5.75 Å². The van der Waals surface area contributed by atoms with Crippen LogP contribution in [0.15, 0.2) is 77.3 Å². The third kappa shape index (κ3) is 6.69. The van der Waals surface area contributed by atoms with Crippen molar-refractivity contribution in [2.24, 2.45) is 0 Å². The van der Waals surface area contributed by atoms with Crippen LogP contribution in [-0.2, 0) is 11.3 Å². The highest BCUT2D eigenvalue weighted by molar-refractivity contribution is 9.10. The molecule has 0 radical (unpaired) electrons. The number of ether oxygens (including phenoxy) is 1. The first kappa shape index (κ1) is 22.0. The van der Waals surface area contributed by atoms with E-state index in [-0.39, 0.29) is 12.5 Å². The Morgan fingerprint density at radius 3 is 2.53 bits per heavy atom. The van der Waals surface area contributed by atoms with Crippen LogP contribution in [0.2, 0.25) is 0 Å². The fraction of sp³-hybridized carbons (Fsp3) is 0.208. The molecule has 5 nitrogen and oxygen atoms in total. The summed E-state index contributed by atoms with van der Waals surface area (Å²) < 4.78 is 6.67. The minimum Gasteiger partial charge on any atom is -0.483 e. The molecule has 0 aliphatic carbocycles. The summed E-state index contributed by atoms with van der Waals surface area (Å²) >= 11 is 3.47. The molecule has 156 valence electrons. The number of hydrogen-bond acceptors (Lipinski definition) is 4. The Balaban J connectivity index is 1.54. The lowest BCUT2D eigenvalue weighted by atomic mass is 10.1. The molecular weight excluding hydrogens is 444 g/mol. The number of aliphatic hydroxyl groups excluding tert-OH is 1. The number of rotatable bonds is 9. The zero-order valence-electron chi connectivity index (χ0n) is 16.8. The second kappa shape index (κ2) is 10.9. The van der Waals surface area contributed by atoms with Gasteiger partial charge in [0.25, 0.3) is 5.91 Å². The molecule has 3 aromatic rings. The SMILES string of the molecule is Cc1ccc(NC(=O)COc2ccc(Br)cc2CNCC(O)c2ccccc2)cc1. The highest BCUT2D eigenvalue weighted by atomic mass is 79.9. The van der Waals surface area contributed by atoms with Gasteiger partial charge in [-0.05, 0) is 42.8 Å². The molecule has 1 unspecified atom stereocenters. The minimum atomic E-state index is -0.594. The van der Waals surface area contributed by atoms with Crippen LogP contribution >= 0.6 is 15.9 Å². The van der Waals surface area contributed by atoms with Crippen molar-refractivity contribution >= 4 is 27.5 Å². The molecular formula is C24H25BrN2O3. The number of aliphatic hydroxyl groups is 1. The van der Waals surface area contributed by atoms with Crippen molar-refractivity contribution < 1.29 is 14.6 Å². The Morgan fingerprint density at radius 2 is 1.80 bits per heavy atom. The average Bonchev–Trinajstić information content (AvgIpc) is 2.75. The molecule has 3 N–H and O–H groups in total. The molecule has 0 saturated heterocycles. The number of hydrogen-bond donors (Lipinski definition) is 3. The summed E-state index contributed by atoms with van der Waals surface area (Å²) in [4.78, 5) is 12.2. The monoisotopic (exact) mass is 468 g/mol. The molecule has 0 heterocycles. The van der Waals surface area contributed by atoms with E-state index in [4.69, 9.17) is 4.74 Å². The standard InChI is InChI=1S/C24H25BrN2O3/c1-17-7-10-21(11-8-17)27-24(29)16-30-23-12-9-20(25)13-19(23)14-26-15-22(28)18-5-3-2-4-6-18/h2-13,22,26,28H,14-16H2,1H3,(H,27,29). The largest absolute Gasteiger partial charge is 0.483 e. The van der Waals surface area contributed by atoms with E-state index in [2.05, 4.69) is 26.6 Å². The zero-order valence-corrected chi connectivity index (χ0v) is 18.4. The molecule has 0 fully saturated rings. The molecule has 1 atom stereocenters. The predicted molar refractivity (Wildman–Crippen MR) is 123 cm³/mol. The van der Waals surface area contributed by atoms with Crippen LogP contribution in [0.25, 0.3) is 0 Å². The molecule has 30 heavy (non-hydrogen) atoms. The molecule has 0 bridgehead atoms. The number of aryl methyl sites for hydroxylation is 1. The van der Waals surface area contributed by atoms with Crippen molar-refractivity contribution in [3.05, 3.63) is 94.0 Å².